The molecule has 2 saturated heterocycles. The van der Waals surface area contributed by atoms with Gasteiger partial charge >= 0.3 is 12.2 Å². The zero-order chi connectivity index (χ0) is 20.9. The standard InChI is InChI=1S/C22H34N2O4/c1-7-10-16(11-8-2)15-27-20(25)24-14-17(9-3)19-18(24)12-13-23(19)21(26)28-22(4,5)6/h7-8,10-11,17-19H,1,9,12-15H2,2-6H3. The van der Waals surface area contributed by atoms with E-state index in [2.05, 4.69) is 13.5 Å². The summed E-state index contributed by atoms with van der Waals surface area (Å²) in [5, 5.41) is 0. The van der Waals surface area contributed by atoms with Gasteiger partial charge in [-0.3, -0.25) is 0 Å². The Balaban J connectivity index is 2.07. The highest BCUT2D eigenvalue weighted by Crippen LogP contribution is 2.38. The van der Waals surface area contributed by atoms with E-state index in [1.165, 1.54) is 0 Å². The van der Waals surface area contributed by atoms with Gasteiger partial charge in [0.15, 0.2) is 0 Å². The van der Waals surface area contributed by atoms with E-state index < -0.39 is 5.60 Å². The first-order chi connectivity index (χ1) is 13.2. The van der Waals surface area contributed by atoms with Crippen LogP contribution in [0.2, 0.25) is 0 Å². The van der Waals surface area contributed by atoms with Crippen molar-refractivity contribution in [2.45, 2.75) is 65.1 Å². The smallest absolute Gasteiger partial charge is 0.410 e. The number of amides is 2. The average molecular weight is 391 g/mol. The molecule has 6 heteroatoms. The molecule has 0 saturated carbocycles. The van der Waals surface area contributed by atoms with Gasteiger partial charge in [-0.05, 0) is 52.0 Å². The summed E-state index contributed by atoms with van der Waals surface area (Å²) in [6.45, 7) is 14.7. The molecule has 0 aromatic rings. The van der Waals surface area contributed by atoms with Crippen molar-refractivity contribution in [3.05, 3.63) is 36.5 Å². The Morgan fingerprint density at radius 2 is 1.93 bits per heavy atom. The van der Waals surface area contributed by atoms with Gasteiger partial charge in [0.2, 0.25) is 0 Å². The van der Waals surface area contributed by atoms with Crippen molar-refractivity contribution in [2.24, 2.45) is 5.92 Å². The Labute approximate surface area is 168 Å². The van der Waals surface area contributed by atoms with E-state index in [0.717, 1.165) is 18.4 Å². The molecule has 0 aromatic heterocycles. The topological polar surface area (TPSA) is 59.1 Å². The van der Waals surface area contributed by atoms with Crippen LogP contribution in [-0.2, 0) is 9.47 Å². The third-order valence-corrected chi connectivity index (χ3v) is 5.20. The fraction of sp³-hybridized carbons (Fsp3) is 0.636. The summed E-state index contributed by atoms with van der Waals surface area (Å²) in [6.07, 6.45) is 8.33. The third-order valence-electron chi connectivity index (χ3n) is 5.20. The van der Waals surface area contributed by atoms with E-state index >= 15 is 0 Å². The molecule has 0 aromatic carbocycles. The largest absolute Gasteiger partial charge is 0.445 e. The Morgan fingerprint density at radius 3 is 2.50 bits per heavy atom. The molecule has 2 fully saturated rings. The lowest BCUT2D eigenvalue weighted by atomic mass is 9.97. The van der Waals surface area contributed by atoms with Crippen LogP contribution in [0, 0.1) is 5.92 Å². The molecule has 2 aliphatic heterocycles. The minimum Gasteiger partial charge on any atom is -0.445 e. The third kappa shape index (κ3) is 5.18. The van der Waals surface area contributed by atoms with Gasteiger partial charge in [0.05, 0.1) is 12.1 Å². The number of hydrogen-bond donors (Lipinski definition) is 0. The first-order valence-electron chi connectivity index (χ1n) is 10.1. The van der Waals surface area contributed by atoms with Crippen molar-refractivity contribution in [3.8, 4) is 0 Å². The van der Waals surface area contributed by atoms with Crippen LogP contribution >= 0.6 is 0 Å². The molecule has 0 aliphatic carbocycles. The highest BCUT2D eigenvalue weighted by atomic mass is 16.6. The van der Waals surface area contributed by atoms with Gasteiger partial charge in [0, 0.05) is 13.1 Å². The van der Waals surface area contributed by atoms with Gasteiger partial charge in [-0.1, -0.05) is 37.8 Å². The lowest BCUT2D eigenvalue weighted by Gasteiger charge is -2.30. The number of fused-ring (bicyclic) bond motifs is 1. The van der Waals surface area contributed by atoms with Crippen LogP contribution in [0.1, 0.15) is 47.5 Å². The molecule has 2 amide bonds. The van der Waals surface area contributed by atoms with Gasteiger partial charge in [-0.25, -0.2) is 9.59 Å². The average Bonchev–Trinajstić information content (AvgIpc) is 3.18. The molecule has 156 valence electrons. The van der Waals surface area contributed by atoms with E-state index in [1.807, 2.05) is 45.9 Å². The predicted molar refractivity (Wildman–Crippen MR) is 110 cm³/mol. The molecule has 2 heterocycles. The molecule has 2 aliphatic rings. The molecular formula is C22H34N2O4. The fourth-order valence-electron chi connectivity index (χ4n) is 4.06. The zero-order valence-electron chi connectivity index (χ0n) is 17.8. The second-order valence-electron chi connectivity index (χ2n) is 8.37. The van der Waals surface area contributed by atoms with Crippen molar-refractivity contribution in [1.29, 1.82) is 0 Å². The van der Waals surface area contributed by atoms with Gasteiger partial charge in [-0.15, -0.1) is 0 Å². The van der Waals surface area contributed by atoms with Crippen LogP contribution in [0.4, 0.5) is 9.59 Å². The molecule has 2 rings (SSSR count). The molecule has 28 heavy (non-hydrogen) atoms. The molecule has 3 unspecified atom stereocenters. The minimum absolute atomic E-state index is 0.00822. The summed E-state index contributed by atoms with van der Waals surface area (Å²) < 4.78 is 11.1. The maximum Gasteiger partial charge on any atom is 0.410 e. The normalized spacial score (nSPS) is 25.2. The first-order valence-corrected chi connectivity index (χ1v) is 10.1. The number of carbonyl (C=O) groups excluding carboxylic acids is 2. The van der Waals surface area contributed by atoms with Crippen molar-refractivity contribution >= 4 is 12.2 Å². The van der Waals surface area contributed by atoms with Crippen LogP contribution in [0.15, 0.2) is 36.5 Å². The van der Waals surface area contributed by atoms with Crippen molar-refractivity contribution in [2.75, 3.05) is 19.7 Å². The molecule has 0 spiro atoms. The number of rotatable bonds is 5. The van der Waals surface area contributed by atoms with Gasteiger partial charge in [-0.2, -0.15) is 0 Å². The first kappa shape index (κ1) is 22.1. The molecule has 3 atom stereocenters. The van der Waals surface area contributed by atoms with E-state index in [4.69, 9.17) is 9.47 Å². The number of carbonyl (C=O) groups is 2. The molecule has 0 N–H and O–H groups in total. The second-order valence-corrected chi connectivity index (χ2v) is 8.37. The summed E-state index contributed by atoms with van der Waals surface area (Å²) >= 11 is 0. The van der Waals surface area contributed by atoms with Gasteiger partial charge in [0.1, 0.15) is 12.2 Å². The maximum absolute atomic E-state index is 12.8. The summed E-state index contributed by atoms with van der Waals surface area (Å²) in [4.78, 5) is 29.0. The number of hydrogen-bond acceptors (Lipinski definition) is 4. The van der Waals surface area contributed by atoms with Crippen LogP contribution in [-0.4, -0.2) is 59.4 Å². The summed E-state index contributed by atoms with van der Waals surface area (Å²) in [5.74, 6) is 0.228. The van der Waals surface area contributed by atoms with E-state index in [9.17, 15) is 9.59 Å². The van der Waals surface area contributed by atoms with Gasteiger partial charge in [0.25, 0.3) is 0 Å². The molecule has 0 bridgehead atoms. The Morgan fingerprint density at radius 1 is 1.21 bits per heavy atom. The van der Waals surface area contributed by atoms with Crippen LogP contribution < -0.4 is 0 Å². The van der Waals surface area contributed by atoms with Crippen molar-refractivity contribution in [3.63, 3.8) is 0 Å². The number of nitrogens with zero attached hydrogens (tertiary/aromatic N) is 2. The van der Waals surface area contributed by atoms with Crippen LogP contribution in [0.5, 0.6) is 0 Å². The summed E-state index contributed by atoms with van der Waals surface area (Å²) in [7, 11) is 0. The van der Waals surface area contributed by atoms with Gasteiger partial charge < -0.3 is 19.3 Å². The fourth-order valence-corrected chi connectivity index (χ4v) is 4.06. The number of likely N-dealkylation sites (tertiary alicyclic amines) is 2. The summed E-state index contributed by atoms with van der Waals surface area (Å²) in [5.41, 5.74) is 0.352. The van der Waals surface area contributed by atoms with Crippen molar-refractivity contribution < 1.29 is 19.1 Å². The molecular weight excluding hydrogens is 356 g/mol. The SMILES string of the molecule is C=CC=C(C=CC)COC(=O)N1CC(CC)C2C1CCN2C(=O)OC(C)(C)C. The Hall–Kier alpha value is -2.24. The van der Waals surface area contributed by atoms with Crippen molar-refractivity contribution in [1.82, 2.24) is 9.80 Å². The van der Waals surface area contributed by atoms with E-state index in [-0.39, 0.29) is 36.8 Å². The second kappa shape index (κ2) is 9.30. The Kier molecular flexibility index (Phi) is 7.33. The highest BCUT2D eigenvalue weighted by molar-refractivity contribution is 5.72. The predicted octanol–water partition coefficient (Wildman–Crippen LogP) is 4.53. The minimum atomic E-state index is -0.533. The number of allylic oxidation sites excluding steroid dienone is 3. The molecule has 0 radical (unpaired) electrons. The highest BCUT2D eigenvalue weighted by Gasteiger charge is 2.52. The maximum atomic E-state index is 12.8. The van der Waals surface area contributed by atoms with E-state index in [0.29, 0.717) is 13.1 Å². The monoisotopic (exact) mass is 390 g/mol. The molecule has 6 nitrogen and oxygen atoms in total. The van der Waals surface area contributed by atoms with Crippen LogP contribution in [0.3, 0.4) is 0 Å². The van der Waals surface area contributed by atoms with Crippen LogP contribution in [0.25, 0.3) is 0 Å². The zero-order valence-corrected chi connectivity index (χ0v) is 17.8. The Bertz CT molecular complexity index is 647. The van der Waals surface area contributed by atoms with E-state index in [1.54, 1.807) is 15.9 Å². The lowest BCUT2D eigenvalue weighted by molar-refractivity contribution is 0.0188. The lowest BCUT2D eigenvalue weighted by Crippen LogP contribution is -2.45. The summed E-state index contributed by atoms with van der Waals surface area (Å²) in [6, 6.07) is -0.0235. The number of ether oxygens (including phenoxy) is 2. The quantitative estimate of drug-likeness (QED) is 0.647.